The molecule has 1 aromatic heterocycles. The lowest BCUT2D eigenvalue weighted by Gasteiger charge is -1.94. The third-order valence-corrected chi connectivity index (χ3v) is 3.31. The van der Waals surface area contributed by atoms with E-state index in [0.717, 1.165) is 20.9 Å². The number of hydrogen-bond acceptors (Lipinski definition) is 5. The number of anilines is 1. The van der Waals surface area contributed by atoms with E-state index in [1.807, 2.05) is 18.2 Å². The highest BCUT2D eigenvalue weighted by Gasteiger charge is 2.07. The number of hydrogen-bond donors (Lipinski definition) is 1. The van der Waals surface area contributed by atoms with Gasteiger partial charge in [0.25, 0.3) is 0 Å². The second-order valence-electron chi connectivity index (χ2n) is 3.41. The van der Waals surface area contributed by atoms with Crippen LogP contribution >= 0.6 is 11.3 Å². The highest BCUT2D eigenvalue weighted by molar-refractivity contribution is 7.18. The highest BCUT2D eigenvalue weighted by atomic mass is 32.1. The minimum atomic E-state index is -0.209. The minimum Gasteiger partial charge on any atom is -0.469 e. The maximum absolute atomic E-state index is 11.0. The maximum atomic E-state index is 11.0. The quantitative estimate of drug-likeness (QED) is 0.653. The summed E-state index contributed by atoms with van der Waals surface area (Å²) in [7, 11) is 1.39. The number of aryl methyl sites for hydroxylation is 1. The van der Waals surface area contributed by atoms with Gasteiger partial charge in [-0.2, -0.15) is 0 Å². The molecule has 0 aliphatic rings. The van der Waals surface area contributed by atoms with E-state index >= 15 is 0 Å². The lowest BCUT2D eigenvalue weighted by molar-refractivity contribution is -0.140. The molecule has 2 rings (SSSR count). The summed E-state index contributed by atoms with van der Waals surface area (Å²) in [6.07, 6.45) is 0.984. The number of nitrogens with two attached hydrogens (primary N) is 1. The monoisotopic (exact) mass is 236 g/mol. The van der Waals surface area contributed by atoms with E-state index in [0.29, 0.717) is 12.8 Å². The summed E-state index contributed by atoms with van der Waals surface area (Å²) < 4.78 is 5.64. The Labute approximate surface area is 97.0 Å². The van der Waals surface area contributed by atoms with Crippen molar-refractivity contribution in [3.8, 4) is 0 Å². The third-order valence-electron chi connectivity index (χ3n) is 2.23. The van der Waals surface area contributed by atoms with E-state index in [-0.39, 0.29) is 5.97 Å². The molecule has 0 spiro atoms. The number of nitrogens with zero attached hydrogens (tertiary/aromatic N) is 1. The van der Waals surface area contributed by atoms with E-state index in [9.17, 15) is 4.79 Å². The first-order valence-electron chi connectivity index (χ1n) is 4.91. The van der Waals surface area contributed by atoms with E-state index in [1.54, 1.807) is 11.3 Å². The Balaban J connectivity index is 2.16. The molecule has 0 aliphatic heterocycles. The Morgan fingerprint density at radius 1 is 1.56 bits per heavy atom. The van der Waals surface area contributed by atoms with Crippen LogP contribution in [0.3, 0.4) is 0 Å². The van der Waals surface area contributed by atoms with Crippen molar-refractivity contribution >= 4 is 33.2 Å². The van der Waals surface area contributed by atoms with Crippen LogP contribution in [-0.4, -0.2) is 18.1 Å². The van der Waals surface area contributed by atoms with Crippen molar-refractivity contribution in [3.63, 3.8) is 0 Å². The molecule has 4 nitrogen and oxygen atoms in total. The Morgan fingerprint density at radius 3 is 3.12 bits per heavy atom. The van der Waals surface area contributed by atoms with Crippen LogP contribution in [0, 0.1) is 0 Å². The van der Waals surface area contributed by atoms with Crippen molar-refractivity contribution in [2.75, 3.05) is 12.8 Å². The normalized spacial score (nSPS) is 10.6. The SMILES string of the molecule is COC(=O)CCc1nc2ccc(N)cc2s1. The van der Waals surface area contributed by atoms with Gasteiger partial charge in [-0.3, -0.25) is 4.79 Å². The average molecular weight is 236 g/mol. The number of carbonyl (C=O) groups is 1. The number of fused-ring (bicyclic) bond motifs is 1. The second-order valence-corrected chi connectivity index (χ2v) is 4.53. The molecule has 5 heteroatoms. The first-order chi connectivity index (χ1) is 7.69. The smallest absolute Gasteiger partial charge is 0.305 e. The van der Waals surface area contributed by atoms with E-state index in [1.165, 1.54) is 7.11 Å². The fourth-order valence-electron chi connectivity index (χ4n) is 1.41. The van der Waals surface area contributed by atoms with Gasteiger partial charge in [0, 0.05) is 12.1 Å². The van der Waals surface area contributed by atoms with Gasteiger partial charge in [-0.15, -0.1) is 11.3 Å². The third kappa shape index (κ3) is 2.30. The summed E-state index contributed by atoms with van der Waals surface area (Å²) in [6.45, 7) is 0. The molecule has 0 bridgehead atoms. The number of methoxy groups -OCH3 is 1. The largest absolute Gasteiger partial charge is 0.469 e. The number of aromatic nitrogens is 1. The van der Waals surface area contributed by atoms with Gasteiger partial charge in [-0.25, -0.2) is 4.98 Å². The van der Waals surface area contributed by atoms with Crippen molar-refractivity contribution in [2.45, 2.75) is 12.8 Å². The molecule has 0 saturated heterocycles. The Morgan fingerprint density at radius 2 is 2.38 bits per heavy atom. The first kappa shape index (κ1) is 10.9. The second kappa shape index (κ2) is 4.49. The number of esters is 1. The Bertz CT molecular complexity index is 522. The summed E-state index contributed by atoms with van der Waals surface area (Å²) in [4.78, 5) is 15.4. The summed E-state index contributed by atoms with van der Waals surface area (Å²) in [6, 6.07) is 5.61. The number of carbonyl (C=O) groups excluding carboxylic acids is 1. The van der Waals surface area contributed by atoms with Crippen molar-refractivity contribution in [2.24, 2.45) is 0 Å². The van der Waals surface area contributed by atoms with Crippen LogP contribution in [0.5, 0.6) is 0 Å². The molecule has 0 radical (unpaired) electrons. The molecule has 0 aliphatic carbocycles. The molecule has 0 fully saturated rings. The molecule has 0 amide bonds. The Kier molecular flexibility index (Phi) is 3.05. The van der Waals surface area contributed by atoms with Crippen molar-refractivity contribution < 1.29 is 9.53 Å². The molecule has 0 unspecified atom stereocenters. The van der Waals surface area contributed by atoms with Gasteiger partial charge in [0.1, 0.15) is 0 Å². The topological polar surface area (TPSA) is 65.2 Å². The lowest BCUT2D eigenvalue weighted by Crippen LogP contribution is -2.01. The van der Waals surface area contributed by atoms with Gasteiger partial charge in [0.15, 0.2) is 0 Å². The highest BCUT2D eigenvalue weighted by Crippen LogP contribution is 2.24. The standard InChI is InChI=1S/C11H12N2O2S/c1-15-11(14)5-4-10-13-8-3-2-7(12)6-9(8)16-10/h2-3,6H,4-5,12H2,1H3. The van der Waals surface area contributed by atoms with Crippen LogP contribution in [0.1, 0.15) is 11.4 Å². The number of nitrogen functional groups attached to an aromatic ring is 1. The molecule has 0 atom stereocenters. The summed E-state index contributed by atoms with van der Waals surface area (Å²) in [5.41, 5.74) is 7.34. The first-order valence-corrected chi connectivity index (χ1v) is 5.72. The molecule has 1 heterocycles. The zero-order chi connectivity index (χ0) is 11.5. The van der Waals surface area contributed by atoms with E-state index in [2.05, 4.69) is 9.72 Å². The molecule has 1 aromatic carbocycles. The number of rotatable bonds is 3. The van der Waals surface area contributed by atoms with Gasteiger partial charge < -0.3 is 10.5 Å². The van der Waals surface area contributed by atoms with Crippen LogP contribution in [0.15, 0.2) is 18.2 Å². The lowest BCUT2D eigenvalue weighted by atomic mass is 10.3. The molecule has 0 saturated carbocycles. The fourth-order valence-corrected chi connectivity index (χ4v) is 2.42. The van der Waals surface area contributed by atoms with Gasteiger partial charge in [0.2, 0.25) is 0 Å². The molecular weight excluding hydrogens is 224 g/mol. The molecule has 84 valence electrons. The minimum absolute atomic E-state index is 0.209. The van der Waals surface area contributed by atoms with Gasteiger partial charge in [-0.05, 0) is 18.2 Å². The van der Waals surface area contributed by atoms with E-state index < -0.39 is 0 Å². The van der Waals surface area contributed by atoms with Gasteiger partial charge >= 0.3 is 5.97 Å². The molecule has 2 aromatic rings. The van der Waals surface area contributed by atoms with Crippen molar-refractivity contribution in [3.05, 3.63) is 23.2 Å². The van der Waals surface area contributed by atoms with E-state index in [4.69, 9.17) is 5.73 Å². The zero-order valence-corrected chi connectivity index (χ0v) is 9.71. The summed E-state index contributed by atoms with van der Waals surface area (Å²) in [5.74, 6) is -0.209. The van der Waals surface area contributed by atoms with Crippen LogP contribution in [0.25, 0.3) is 10.2 Å². The number of benzene rings is 1. The molecular formula is C11H12N2O2S. The molecule has 16 heavy (non-hydrogen) atoms. The van der Waals surface area contributed by atoms with Gasteiger partial charge in [-0.1, -0.05) is 0 Å². The maximum Gasteiger partial charge on any atom is 0.305 e. The predicted octanol–water partition coefficient (Wildman–Crippen LogP) is 1.98. The summed E-state index contributed by atoms with van der Waals surface area (Å²) >= 11 is 1.57. The Hall–Kier alpha value is -1.62. The van der Waals surface area contributed by atoms with Crippen LogP contribution in [0.4, 0.5) is 5.69 Å². The van der Waals surface area contributed by atoms with Crippen LogP contribution in [-0.2, 0) is 16.0 Å². The van der Waals surface area contributed by atoms with Crippen LogP contribution in [0.2, 0.25) is 0 Å². The van der Waals surface area contributed by atoms with Gasteiger partial charge in [0.05, 0.1) is 28.8 Å². The summed E-state index contributed by atoms with van der Waals surface area (Å²) in [5, 5.41) is 0.936. The number of ether oxygens (including phenoxy) is 1. The van der Waals surface area contributed by atoms with Crippen molar-refractivity contribution in [1.29, 1.82) is 0 Å². The number of thiazole rings is 1. The zero-order valence-electron chi connectivity index (χ0n) is 8.90. The van der Waals surface area contributed by atoms with Crippen LogP contribution < -0.4 is 5.73 Å². The fraction of sp³-hybridized carbons (Fsp3) is 0.273. The van der Waals surface area contributed by atoms with Crippen molar-refractivity contribution in [1.82, 2.24) is 4.98 Å². The predicted molar refractivity (Wildman–Crippen MR) is 64.4 cm³/mol. The average Bonchev–Trinajstić information content (AvgIpc) is 2.67. The molecule has 2 N–H and O–H groups in total.